The topological polar surface area (TPSA) is 76.4 Å². The number of ether oxygens (including phenoxy) is 1. The van der Waals surface area contributed by atoms with Gasteiger partial charge in [-0.2, -0.15) is 0 Å². The molecule has 30 heavy (non-hydrogen) atoms. The molecule has 0 aliphatic heterocycles. The SMILES string of the molecule is CCOC(CCNC(=NCc1nnc(C)n1C)NCCc1cccs1)C1CCCC1. The predicted octanol–water partition coefficient (Wildman–Crippen LogP) is 3.45. The van der Waals surface area contributed by atoms with Crippen molar-refractivity contribution >= 4 is 17.3 Å². The number of nitrogens with zero attached hydrogens (tertiary/aromatic N) is 4. The minimum Gasteiger partial charge on any atom is -0.378 e. The molecular weight excluding hydrogens is 396 g/mol. The zero-order chi connectivity index (χ0) is 21.2. The summed E-state index contributed by atoms with van der Waals surface area (Å²) in [6.07, 6.45) is 7.63. The molecule has 0 radical (unpaired) electrons. The van der Waals surface area contributed by atoms with Crippen molar-refractivity contribution in [1.29, 1.82) is 0 Å². The highest BCUT2D eigenvalue weighted by Gasteiger charge is 2.25. The molecule has 1 atom stereocenters. The number of hydrogen-bond donors (Lipinski definition) is 2. The van der Waals surface area contributed by atoms with Gasteiger partial charge < -0.3 is 19.9 Å². The molecule has 1 fully saturated rings. The van der Waals surface area contributed by atoms with Crippen LogP contribution in [0, 0.1) is 12.8 Å². The molecule has 1 unspecified atom stereocenters. The Kier molecular flexibility index (Phi) is 9.14. The van der Waals surface area contributed by atoms with E-state index in [1.807, 2.05) is 18.5 Å². The van der Waals surface area contributed by atoms with Gasteiger partial charge >= 0.3 is 0 Å². The molecule has 166 valence electrons. The molecule has 0 saturated heterocycles. The third-order valence-corrected chi connectivity index (χ3v) is 6.77. The van der Waals surface area contributed by atoms with Crippen LogP contribution in [0.4, 0.5) is 0 Å². The normalized spacial score (nSPS) is 16.2. The van der Waals surface area contributed by atoms with Crippen LogP contribution in [0.25, 0.3) is 0 Å². The number of aryl methyl sites for hydroxylation is 1. The standard InChI is InChI=1S/C22H36N6OS/c1-4-29-20(18-8-5-6-9-18)12-14-24-22(23-13-11-19-10-7-15-30-19)25-16-21-27-26-17(2)28(21)3/h7,10,15,18,20H,4-6,8-9,11-14,16H2,1-3H3,(H2,23,24,25). The van der Waals surface area contributed by atoms with Crippen molar-refractivity contribution in [2.24, 2.45) is 18.0 Å². The van der Waals surface area contributed by atoms with Crippen LogP contribution >= 0.6 is 11.3 Å². The lowest BCUT2D eigenvalue weighted by Crippen LogP contribution is -2.40. The molecular formula is C22H36N6OS. The summed E-state index contributed by atoms with van der Waals surface area (Å²) >= 11 is 1.79. The average molecular weight is 433 g/mol. The largest absolute Gasteiger partial charge is 0.378 e. The Morgan fingerprint density at radius 3 is 2.77 bits per heavy atom. The van der Waals surface area contributed by atoms with Gasteiger partial charge in [-0.1, -0.05) is 18.9 Å². The van der Waals surface area contributed by atoms with Crippen LogP contribution < -0.4 is 10.6 Å². The highest BCUT2D eigenvalue weighted by atomic mass is 32.1. The maximum atomic E-state index is 6.07. The number of guanidine groups is 1. The van der Waals surface area contributed by atoms with Crippen LogP contribution in [0.5, 0.6) is 0 Å². The van der Waals surface area contributed by atoms with Crippen LogP contribution in [0.3, 0.4) is 0 Å². The predicted molar refractivity (Wildman–Crippen MR) is 123 cm³/mol. The first kappa shape index (κ1) is 22.7. The highest BCUT2D eigenvalue weighted by Crippen LogP contribution is 2.30. The van der Waals surface area contributed by atoms with Crippen molar-refractivity contribution in [3.05, 3.63) is 34.0 Å². The molecule has 8 heteroatoms. The lowest BCUT2D eigenvalue weighted by molar-refractivity contribution is 0.0169. The first-order chi connectivity index (χ1) is 14.7. The average Bonchev–Trinajstić information content (AvgIpc) is 3.50. The molecule has 1 saturated carbocycles. The number of aromatic nitrogens is 3. The van der Waals surface area contributed by atoms with Gasteiger partial charge in [0.2, 0.25) is 0 Å². The monoisotopic (exact) mass is 432 g/mol. The van der Waals surface area contributed by atoms with E-state index in [1.165, 1.54) is 30.6 Å². The van der Waals surface area contributed by atoms with Crippen molar-refractivity contribution in [1.82, 2.24) is 25.4 Å². The summed E-state index contributed by atoms with van der Waals surface area (Å²) in [5, 5.41) is 17.5. The van der Waals surface area contributed by atoms with Gasteiger partial charge in [-0.15, -0.1) is 21.5 Å². The molecule has 2 N–H and O–H groups in total. The molecule has 2 aromatic rings. The third-order valence-electron chi connectivity index (χ3n) is 5.83. The van der Waals surface area contributed by atoms with E-state index in [0.29, 0.717) is 18.6 Å². The van der Waals surface area contributed by atoms with E-state index in [-0.39, 0.29) is 0 Å². The maximum absolute atomic E-state index is 6.07. The number of nitrogens with one attached hydrogen (secondary N) is 2. The Morgan fingerprint density at radius 2 is 2.10 bits per heavy atom. The Labute approximate surface area is 184 Å². The fourth-order valence-corrected chi connectivity index (χ4v) is 4.71. The van der Waals surface area contributed by atoms with Crippen molar-refractivity contribution in [2.45, 2.75) is 65.0 Å². The van der Waals surface area contributed by atoms with Gasteiger partial charge in [0.1, 0.15) is 12.4 Å². The van der Waals surface area contributed by atoms with E-state index in [1.54, 1.807) is 11.3 Å². The number of thiophene rings is 1. The highest BCUT2D eigenvalue weighted by molar-refractivity contribution is 7.09. The summed E-state index contributed by atoms with van der Waals surface area (Å²) in [6.45, 7) is 7.04. The van der Waals surface area contributed by atoms with Crippen LogP contribution in [0.15, 0.2) is 22.5 Å². The third kappa shape index (κ3) is 6.80. The van der Waals surface area contributed by atoms with E-state index >= 15 is 0 Å². The lowest BCUT2D eigenvalue weighted by Gasteiger charge is -2.24. The van der Waals surface area contributed by atoms with Gasteiger partial charge in [-0.3, -0.25) is 0 Å². The van der Waals surface area contributed by atoms with Gasteiger partial charge in [-0.25, -0.2) is 4.99 Å². The van der Waals surface area contributed by atoms with Crippen molar-refractivity contribution in [2.75, 3.05) is 19.7 Å². The van der Waals surface area contributed by atoms with Crippen molar-refractivity contribution < 1.29 is 4.74 Å². The minimum atomic E-state index is 0.346. The smallest absolute Gasteiger partial charge is 0.191 e. The maximum Gasteiger partial charge on any atom is 0.191 e. The fraction of sp³-hybridized carbons (Fsp3) is 0.682. The van der Waals surface area contributed by atoms with E-state index in [4.69, 9.17) is 9.73 Å². The zero-order valence-electron chi connectivity index (χ0n) is 18.6. The summed E-state index contributed by atoms with van der Waals surface area (Å²) in [5.74, 6) is 3.30. The van der Waals surface area contributed by atoms with E-state index < -0.39 is 0 Å². The quantitative estimate of drug-likeness (QED) is 0.420. The van der Waals surface area contributed by atoms with E-state index in [0.717, 1.165) is 50.1 Å². The minimum absolute atomic E-state index is 0.346. The van der Waals surface area contributed by atoms with Gasteiger partial charge in [0.05, 0.1) is 6.10 Å². The zero-order valence-corrected chi connectivity index (χ0v) is 19.4. The van der Waals surface area contributed by atoms with Gasteiger partial charge in [0.15, 0.2) is 11.8 Å². The van der Waals surface area contributed by atoms with E-state index in [9.17, 15) is 0 Å². The number of aliphatic imine (C=N–C) groups is 1. The van der Waals surface area contributed by atoms with Gasteiger partial charge in [0.25, 0.3) is 0 Å². The first-order valence-electron chi connectivity index (χ1n) is 11.2. The van der Waals surface area contributed by atoms with Crippen LogP contribution in [-0.4, -0.2) is 46.5 Å². The first-order valence-corrected chi connectivity index (χ1v) is 12.1. The summed E-state index contributed by atoms with van der Waals surface area (Å²) in [6, 6.07) is 4.27. The molecule has 0 amide bonds. The summed E-state index contributed by atoms with van der Waals surface area (Å²) in [4.78, 5) is 6.14. The van der Waals surface area contributed by atoms with Crippen LogP contribution in [0.1, 0.15) is 55.6 Å². The Balaban J connectivity index is 1.54. The molecule has 2 aromatic heterocycles. The Bertz CT molecular complexity index is 767. The molecule has 3 rings (SSSR count). The molecule has 0 spiro atoms. The number of rotatable bonds is 11. The molecule has 0 aromatic carbocycles. The molecule has 7 nitrogen and oxygen atoms in total. The van der Waals surface area contributed by atoms with Gasteiger partial charge in [0, 0.05) is 31.6 Å². The molecule has 2 heterocycles. The Morgan fingerprint density at radius 1 is 1.30 bits per heavy atom. The Hall–Kier alpha value is -1.93. The summed E-state index contributed by atoms with van der Waals surface area (Å²) in [7, 11) is 1.98. The summed E-state index contributed by atoms with van der Waals surface area (Å²) < 4.78 is 8.05. The molecule has 1 aliphatic carbocycles. The lowest BCUT2D eigenvalue weighted by atomic mass is 9.98. The number of hydrogen-bond acceptors (Lipinski definition) is 5. The second kappa shape index (κ2) is 12.1. The van der Waals surface area contributed by atoms with Crippen molar-refractivity contribution in [3.63, 3.8) is 0 Å². The van der Waals surface area contributed by atoms with Crippen molar-refractivity contribution in [3.8, 4) is 0 Å². The molecule has 0 bridgehead atoms. The van der Waals surface area contributed by atoms with E-state index in [2.05, 4.69) is 45.3 Å². The summed E-state index contributed by atoms with van der Waals surface area (Å²) in [5.41, 5.74) is 0. The molecule has 1 aliphatic rings. The van der Waals surface area contributed by atoms with Crippen LogP contribution in [-0.2, 0) is 24.8 Å². The second-order valence-electron chi connectivity index (χ2n) is 7.90. The van der Waals surface area contributed by atoms with Crippen LogP contribution in [0.2, 0.25) is 0 Å². The fourth-order valence-electron chi connectivity index (χ4n) is 4.00. The second-order valence-corrected chi connectivity index (χ2v) is 8.93. The van der Waals surface area contributed by atoms with Gasteiger partial charge in [-0.05, 0) is 56.9 Å².